The molecule has 7 heteroatoms. The van der Waals surface area contributed by atoms with Gasteiger partial charge in [0.25, 0.3) is 5.91 Å². The maximum Gasteiger partial charge on any atom is 0.326 e. The molecule has 88 valence electrons. The third kappa shape index (κ3) is 3.06. The van der Waals surface area contributed by atoms with E-state index in [1.54, 1.807) is 13.2 Å². The van der Waals surface area contributed by atoms with E-state index in [0.717, 1.165) is 0 Å². The number of aromatic nitrogens is 2. The Morgan fingerprint density at radius 3 is 2.75 bits per heavy atom. The standard InChI is InChI=1S/C9H13N3O4/c1-12-4-2-6(11-12)8(14)10-7(3-5-13)9(15)16/h2,4,7,13H,3,5H2,1H3,(H,10,14)(H,15,16)/t7-/m0/s1. The predicted octanol–water partition coefficient (Wildman–Crippen LogP) is -1.01. The fourth-order valence-electron chi connectivity index (χ4n) is 1.15. The van der Waals surface area contributed by atoms with Crippen LogP contribution in [0.15, 0.2) is 12.3 Å². The molecule has 1 aromatic heterocycles. The number of carbonyl (C=O) groups excluding carboxylic acids is 1. The molecule has 0 aliphatic rings. The number of nitrogens with zero attached hydrogens (tertiary/aromatic N) is 2. The van der Waals surface area contributed by atoms with Crippen LogP contribution in [0.5, 0.6) is 0 Å². The van der Waals surface area contributed by atoms with Crippen LogP contribution < -0.4 is 5.32 Å². The second-order valence-electron chi connectivity index (χ2n) is 3.25. The molecule has 1 aromatic rings. The number of hydrogen-bond acceptors (Lipinski definition) is 4. The van der Waals surface area contributed by atoms with E-state index in [2.05, 4.69) is 10.4 Å². The lowest BCUT2D eigenvalue weighted by molar-refractivity contribution is -0.139. The van der Waals surface area contributed by atoms with Crippen molar-refractivity contribution >= 4 is 11.9 Å². The van der Waals surface area contributed by atoms with Gasteiger partial charge in [-0.1, -0.05) is 0 Å². The van der Waals surface area contributed by atoms with E-state index in [4.69, 9.17) is 10.2 Å². The molecule has 0 unspecified atom stereocenters. The van der Waals surface area contributed by atoms with Crippen LogP contribution in [0.25, 0.3) is 0 Å². The van der Waals surface area contributed by atoms with Gasteiger partial charge >= 0.3 is 5.97 Å². The van der Waals surface area contributed by atoms with Gasteiger partial charge in [-0.2, -0.15) is 5.10 Å². The third-order valence-electron chi connectivity index (χ3n) is 1.97. The van der Waals surface area contributed by atoms with Gasteiger partial charge in [0.05, 0.1) is 0 Å². The molecule has 0 aliphatic carbocycles. The molecular weight excluding hydrogens is 214 g/mol. The van der Waals surface area contributed by atoms with Gasteiger partial charge in [-0.3, -0.25) is 9.48 Å². The van der Waals surface area contributed by atoms with Crippen LogP contribution >= 0.6 is 0 Å². The van der Waals surface area contributed by atoms with Crippen molar-refractivity contribution in [1.29, 1.82) is 0 Å². The molecule has 0 bridgehead atoms. The molecule has 7 nitrogen and oxygen atoms in total. The SMILES string of the molecule is Cn1ccc(C(=O)N[C@@H](CCO)C(=O)O)n1. The average molecular weight is 227 g/mol. The van der Waals surface area contributed by atoms with E-state index in [0.29, 0.717) is 0 Å². The molecule has 0 fully saturated rings. The van der Waals surface area contributed by atoms with E-state index in [-0.39, 0.29) is 18.7 Å². The molecule has 1 heterocycles. The number of aliphatic hydroxyl groups excluding tert-OH is 1. The molecule has 0 saturated heterocycles. The van der Waals surface area contributed by atoms with Gasteiger partial charge in [0, 0.05) is 26.3 Å². The molecule has 1 amide bonds. The Balaban J connectivity index is 2.65. The Labute approximate surface area is 91.7 Å². The van der Waals surface area contributed by atoms with Crippen LogP contribution in [-0.2, 0) is 11.8 Å². The zero-order valence-corrected chi connectivity index (χ0v) is 8.75. The largest absolute Gasteiger partial charge is 0.480 e. The molecule has 0 radical (unpaired) electrons. The summed E-state index contributed by atoms with van der Waals surface area (Å²) in [6, 6.07) is 0.382. The van der Waals surface area contributed by atoms with Crippen LogP contribution in [0.4, 0.5) is 0 Å². The van der Waals surface area contributed by atoms with Gasteiger partial charge in [-0.15, -0.1) is 0 Å². The van der Waals surface area contributed by atoms with Crippen molar-refractivity contribution in [3.05, 3.63) is 18.0 Å². The molecule has 1 atom stereocenters. The zero-order valence-electron chi connectivity index (χ0n) is 8.75. The van der Waals surface area contributed by atoms with Crippen LogP contribution in [0.2, 0.25) is 0 Å². The summed E-state index contributed by atoms with van der Waals surface area (Å²) in [5.41, 5.74) is 0.145. The number of carbonyl (C=O) groups is 2. The molecule has 0 aromatic carbocycles. The van der Waals surface area contributed by atoms with Crippen LogP contribution in [0.1, 0.15) is 16.9 Å². The number of aliphatic carboxylic acids is 1. The first-order valence-corrected chi connectivity index (χ1v) is 4.68. The van der Waals surface area contributed by atoms with E-state index < -0.39 is 17.9 Å². The Bertz CT molecular complexity index is 388. The summed E-state index contributed by atoms with van der Waals surface area (Å²) in [5.74, 6) is -1.75. The number of carboxylic acid groups (broad SMARTS) is 1. The number of rotatable bonds is 5. The fraction of sp³-hybridized carbons (Fsp3) is 0.444. The van der Waals surface area contributed by atoms with Gasteiger partial charge in [-0.05, 0) is 6.07 Å². The first-order valence-electron chi connectivity index (χ1n) is 4.68. The van der Waals surface area contributed by atoms with Crippen LogP contribution in [0, 0.1) is 0 Å². The highest BCUT2D eigenvalue weighted by Gasteiger charge is 2.20. The van der Waals surface area contributed by atoms with E-state index in [9.17, 15) is 9.59 Å². The van der Waals surface area contributed by atoms with Crippen LogP contribution in [0.3, 0.4) is 0 Å². The second-order valence-corrected chi connectivity index (χ2v) is 3.25. The summed E-state index contributed by atoms with van der Waals surface area (Å²) < 4.78 is 1.44. The van der Waals surface area contributed by atoms with Gasteiger partial charge in [0.15, 0.2) is 0 Å². The predicted molar refractivity (Wildman–Crippen MR) is 53.8 cm³/mol. The fourth-order valence-corrected chi connectivity index (χ4v) is 1.15. The van der Waals surface area contributed by atoms with Crippen molar-refractivity contribution in [2.75, 3.05) is 6.61 Å². The Hall–Kier alpha value is -1.89. The minimum absolute atomic E-state index is 0.0338. The number of carboxylic acids is 1. The first-order chi connectivity index (χ1) is 7.54. The topological polar surface area (TPSA) is 104 Å². The van der Waals surface area contributed by atoms with Crippen molar-refractivity contribution in [2.45, 2.75) is 12.5 Å². The Kier molecular flexibility index (Phi) is 4.01. The highest BCUT2D eigenvalue weighted by atomic mass is 16.4. The quantitative estimate of drug-likeness (QED) is 0.597. The summed E-state index contributed by atoms with van der Waals surface area (Å²) >= 11 is 0. The minimum atomic E-state index is -1.18. The average Bonchev–Trinajstić information content (AvgIpc) is 2.64. The summed E-state index contributed by atoms with van der Waals surface area (Å²) in [6.45, 7) is -0.306. The molecule has 0 saturated carbocycles. The zero-order chi connectivity index (χ0) is 12.1. The van der Waals surface area contributed by atoms with Crippen molar-refractivity contribution in [3.8, 4) is 0 Å². The van der Waals surface area contributed by atoms with Gasteiger partial charge in [-0.25, -0.2) is 4.79 Å². The highest BCUT2D eigenvalue weighted by Crippen LogP contribution is 1.97. The van der Waals surface area contributed by atoms with Crippen molar-refractivity contribution in [3.63, 3.8) is 0 Å². The number of aliphatic hydroxyl groups is 1. The number of aryl methyl sites for hydroxylation is 1. The normalized spacial score (nSPS) is 12.1. The monoisotopic (exact) mass is 227 g/mol. The highest BCUT2D eigenvalue weighted by molar-refractivity contribution is 5.94. The van der Waals surface area contributed by atoms with Crippen LogP contribution in [-0.4, -0.2) is 44.5 Å². The number of amides is 1. The lowest BCUT2D eigenvalue weighted by Crippen LogP contribution is -2.41. The second kappa shape index (κ2) is 5.26. The maximum absolute atomic E-state index is 11.5. The molecule has 3 N–H and O–H groups in total. The molecular formula is C9H13N3O4. The smallest absolute Gasteiger partial charge is 0.326 e. The summed E-state index contributed by atoms with van der Waals surface area (Å²) in [7, 11) is 1.65. The summed E-state index contributed by atoms with van der Waals surface area (Å²) in [5, 5.41) is 23.5. The van der Waals surface area contributed by atoms with Crippen molar-refractivity contribution < 1.29 is 19.8 Å². The third-order valence-corrected chi connectivity index (χ3v) is 1.97. The van der Waals surface area contributed by atoms with Crippen molar-refractivity contribution in [1.82, 2.24) is 15.1 Å². The number of hydrogen-bond donors (Lipinski definition) is 3. The minimum Gasteiger partial charge on any atom is -0.480 e. The summed E-state index contributed by atoms with van der Waals surface area (Å²) in [4.78, 5) is 22.2. The Morgan fingerprint density at radius 2 is 2.31 bits per heavy atom. The molecule has 1 rings (SSSR count). The molecule has 16 heavy (non-hydrogen) atoms. The van der Waals surface area contributed by atoms with E-state index in [1.807, 2.05) is 0 Å². The maximum atomic E-state index is 11.5. The van der Waals surface area contributed by atoms with Gasteiger partial charge in [0.1, 0.15) is 11.7 Å². The lowest BCUT2D eigenvalue weighted by Gasteiger charge is -2.11. The summed E-state index contributed by atoms with van der Waals surface area (Å²) in [6.07, 6.45) is 1.55. The molecule has 0 spiro atoms. The van der Waals surface area contributed by atoms with E-state index >= 15 is 0 Å². The van der Waals surface area contributed by atoms with Gasteiger partial charge < -0.3 is 15.5 Å². The van der Waals surface area contributed by atoms with Crippen molar-refractivity contribution in [2.24, 2.45) is 7.05 Å². The first kappa shape index (κ1) is 12.2. The number of nitrogens with one attached hydrogen (secondary N) is 1. The van der Waals surface area contributed by atoms with E-state index in [1.165, 1.54) is 10.7 Å². The Morgan fingerprint density at radius 1 is 1.62 bits per heavy atom. The lowest BCUT2D eigenvalue weighted by atomic mass is 10.2. The molecule has 0 aliphatic heterocycles. The van der Waals surface area contributed by atoms with Gasteiger partial charge in [0.2, 0.25) is 0 Å².